The van der Waals surface area contributed by atoms with Crippen LogP contribution in [0.5, 0.6) is 11.6 Å². The lowest BCUT2D eigenvalue weighted by Gasteiger charge is -2.25. The second-order valence-electron chi connectivity index (χ2n) is 9.17. The Morgan fingerprint density at radius 2 is 1.89 bits per heavy atom. The first-order chi connectivity index (χ1) is 17.7. The molecule has 1 fully saturated rings. The third-order valence-corrected chi connectivity index (χ3v) is 6.45. The molecule has 1 amide bonds. The summed E-state index contributed by atoms with van der Waals surface area (Å²) in [6, 6.07) is 13.4. The fourth-order valence-electron chi connectivity index (χ4n) is 4.46. The van der Waals surface area contributed by atoms with Crippen molar-refractivity contribution in [1.82, 2.24) is 19.9 Å². The lowest BCUT2D eigenvalue weighted by Crippen LogP contribution is -2.36. The van der Waals surface area contributed by atoms with Gasteiger partial charge in [-0.3, -0.25) is 4.79 Å². The number of hydrogen-bond donors (Lipinski definition) is 1. The number of pyridine rings is 2. The monoisotopic (exact) mass is 506 g/mol. The largest absolute Gasteiger partial charge is 0.439 e. The van der Waals surface area contributed by atoms with Gasteiger partial charge in [0.2, 0.25) is 5.88 Å². The van der Waals surface area contributed by atoms with E-state index in [2.05, 4.69) is 21.4 Å². The first-order valence-corrected chi connectivity index (χ1v) is 12.0. The molecule has 0 bridgehead atoms. The van der Waals surface area contributed by atoms with E-state index in [0.29, 0.717) is 11.3 Å². The second-order valence-corrected chi connectivity index (χ2v) is 9.17. The number of alkyl halides is 3. The molecule has 37 heavy (non-hydrogen) atoms. The van der Waals surface area contributed by atoms with Crippen LogP contribution in [0.25, 0.3) is 17.1 Å². The number of hydrogen-bond acceptors (Lipinski definition) is 4. The molecule has 190 valence electrons. The molecule has 1 aliphatic carbocycles. The van der Waals surface area contributed by atoms with Crippen molar-refractivity contribution in [3.05, 3.63) is 89.4 Å². The predicted octanol–water partition coefficient (Wildman–Crippen LogP) is 6.54. The van der Waals surface area contributed by atoms with Crippen molar-refractivity contribution < 1.29 is 22.7 Å². The zero-order chi connectivity index (χ0) is 26.0. The van der Waals surface area contributed by atoms with Crippen LogP contribution in [0.15, 0.2) is 72.7 Å². The van der Waals surface area contributed by atoms with E-state index in [4.69, 9.17) is 4.74 Å². The van der Waals surface area contributed by atoms with E-state index in [9.17, 15) is 18.0 Å². The minimum absolute atomic E-state index is 0.0932. The fourth-order valence-corrected chi connectivity index (χ4v) is 4.46. The van der Waals surface area contributed by atoms with Gasteiger partial charge in [-0.2, -0.15) is 13.2 Å². The molecule has 1 saturated carbocycles. The number of carbonyl (C=O) groups is 1. The number of ether oxygens (including phenoxy) is 1. The number of rotatable bonds is 5. The van der Waals surface area contributed by atoms with E-state index < -0.39 is 11.7 Å². The van der Waals surface area contributed by atoms with Gasteiger partial charge in [0.1, 0.15) is 11.4 Å². The number of fused-ring (bicyclic) bond motifs is 1. The average Bonchev–Trinajstić information content (AvgIpc) is 3.25. The number of nitrogens with one attached hydrogen (secondary N) is 1. The number of aromatic nitrogens is 3. The van der Waals surface area contributed by atoms with Crippen LogP contribution in [-0.2, 0) is 13.2 Å². The summed E-state index contributed by atoms with van der Waals surface area (Å²) >= 11 is 0. The Morgan fingerprint density at radius 1 is 1.08 bits per heavy atom. The standard InChI is InChI=1S/C28H25F3N4O2/c1-35-12-11-20-15-21(16-33-26(20)35)27(36)34-23-8-5-18(6-9-23)13-19-3-2-4-24(14-19)37-25-10-7-22(17-32-25)28(29,30)31/h2-4,7,10-17,23H,5-6,8-9H2,1H3,(H,34,36). The van der Waals surface area contributed by atoms with Crippen molar-refractivity contribution in [2.45, 2.75) is 37.9 Å². The molecule has 6 nitrogen and oxygen atoms in total. The Labute approximate surface area is 211 Å². The number of allylic oxidation sites excluding steroid dienone is 1. The molecule has 0 spiro atoms. The maximum Gasteiger partial charge on any atom is 0.417 e. The Hall–Kier alpha value is -4.14. The third-order valence-electron chi connectivity index (χ3n) is 6.45. The van der Waals surface area contributed by atoms with E-state index in [1.54, 1.807) is 12.3 Å². The van der Waals surface area contributed by atoms with Gasteiger partial charge in [0, 0.05) is 43.1 Å². The van der Waals surface area contributed by atoms with Gasteiger partial charge in [0.15, 0.2) is 0 Å². The van der Waals surface area contributed by atoms with Gasteiger partial charge < -0.3 is 14.6 Å². The lowest BCUT2D eigenvalue weighted by molar-refractivity contribution is -0.137. The molecule has 1 aromatic carbocycles. The van der Waals surface area contributed by atoms with Crippen LogP contribution < -0.4 is 10.1 Å². The van der Waals surface area contributed by atoms with Crippen LogP contribution in [0.1, 0.15) is 47.2 Å². The zero-order valence-corrected chi connectivity index (χ0v) is 20.1. The molecule has 0 unspecified atom stereocenters. The van der Waals surface area contributed by atoms with E-state index in [1.807, 2.05) is 48.1 Å². The number of aryl methyl sites for hydroxylation is 1. The molecule has 0 saturated heterocycles. The number of amides is 1. The lowest BCUT2D eigenvalue weighted by atomic mass is 9.89. The summed E-state index contributed by atoms with van der Waals surface area (Å²) in [4.78, 5) is 20.9. The quantitative estimate of drug-likeness (QED) is 0.334. The Bertz CT molecular complexity index is 1450. The summed E-state index contributed by atoms with van der Waals surface area (Å²) in [6.07, 6.45) is 5.33. The molecular weight excluding hydrogens is 481 g/mol. The molecule has 4 aromatic rings. The van der Waals surface area contributed by atoms with Crippen LogP contribution in [0, 0.1) is 0 Å². The molecule has 0 radical (unpaired) electrons. The SMILES string of the molecule is Cn1ccc2cc(C(=O)NC3CCC(=Cc4cccc(Oc5ccc(C(F)(F)F)cn5)c4)CC3)cnc21. The highest BCUT2D eigenvalue weighted by Gasteiger charge is 2.30. The van der Waals surface area contributed by atoms with Crippen molar-refractivity contribution in [3.63, 3.8) is 0 Å². The van der Waals surface area contributed by atoms with Gasteiger partial charge in [-0.1, -0.05) is 23.8 Å². The molecule has 1 aliphatic rings. The molecular formula is C28H25F3N4O2. The molecule has 3 aromatic heterocycles. The minimum atomic E-state index is -4.44. The van der Waals surface area contributed by atoms with Crippen LogP contribution in [0.4, 0.5) is 13.2 Å². The Balaban J connectivity index is 1.17. The maximum atomic E-state index is 12.7. The Morgan fingerprint density at radius 3 is 2.62 bits per heavy atom. The summed E-state index contributed by atoms with van der Waals surface area (Å²) < 4.78 is 45.7. The van der Waals surface area contributed by atoms with Crippen LogP contribution >= 0.6 is 0 Å². The smallest absolute Gasteiger partial charge is 0.417 e. The van der Waals surface area contributed by atoms with Gasteiger partial charge >= 0.3 is 6.18 Å². The van der Waals surface area contributed by atoms with Crippen molar-refractivity contribution in [2.75, 3.05) is 0 Å². The van der Waals surface area contributed by atoms with Gasteiger partial charge in [0.25, 0.3) is 5.91 Å². The summed E-state index contributed by atoms with van der Waals surface area (Å²) in [6.45, 7) is 0. The molecule has 0 atom stereocenters. The van der Waals surface area contributed by atoms with E-state index in [0.717, 1.165) is 54.5 Å². The summed E-state index contributed by atoms with van der Waals surface area (Å²) in [5, 5.41) is 4.06. The summed E-state index contributed by atoms with van der Waals surface area (Å²) in [5.74, 6) is 0.472. The highest BCUT2D eigenvalue weighted by atomic mass is 19.4. The van der Waals surface area contributed by atoms with E-state index in [1.165, 1.54) is 11.6 Å². The van der Waals surface area contributed by atoms with Crippen LogP contribution in [0.3, 0.4) is 0 Å². The van der Waals surface area contributed by atoms with Gasteiger partial charge in [-0.15, -0.1) is 0 Å². The first-order valence-electron chi connectivity index (χ1n) is 12.0. The van der Waals surface area contributed by atoms with Crippen LogP contribution in [-0.4, -0.2) is 26.5 Å². The number of nitrogens with zero attached hydrogens (tertiary/aromatic N) is 3. The van der Waals surface area contributed by atoms with Crippen molar-refractivity contribution in [1.29, 1.82) is 0 Å². The van der Waals surface area contributed by atoms with E-state index in [-0.39, 0.29) is 17.8 Å². The van der Waals surface area contributed by atoms with E-state index >= 15 is 0 Å². The third kappa shape index (κ3) is 5.82. The maximum absolute atomic E-state index is 12.7. The van der Waals surface area contributed by atoms with Gasteiger partial charge in [-0.25, -0.2) is 9.97 Å². The van der Waals surface area contributed by atoms with Gasteiger partial charge in [-0.05, 0) is 61.6 Å². The summed E-state index contributed by atoms with van der Waals surface area (Å²) in [5.41, 5.74) is 2.78. The molecule has 1 N–H and O–H groups in total. The molecule has 3 heterocycles. The molecule has 5 rings (SSSR count). The number of carbonyl (C=O) groups excluding carboxylic acids is 1. The molecule has 0 aliphatic heterocycles. The predicted molar refractivity (Wildman–Crippen MR) is 134 cm³/mol. The number of benzene rings is 1. The highest BCUT2D eigenvalue weighted by Crippen LogP contribution is 2.31. The van der Waals surface area contributed by atoms with Crippen molar-refractivity contribution in [2.24, 2.45) is 7.05 Å². The van der Waals surface area contributed by atoms with Crippen molar-refractivity contribution in [3.8, 4) is 11.6 Å². The number of halogens is 3. The minimum Gasteiger partial charge on any atom is -0.439 e. The second kappa shape index (κ2) is 10.1. The molecule has 9 heteroatoms. The van der Waals surface area contributed by atoms with Gasteiger partial charge in [0.05, 0.1) is 11.1 Å². The fraction of sp³-hybridized carbons (Fsp3) is 0.250. The Kier molecular flexibility index (Phi) is 6.69. The highest BCUT2D eigenvalue weighted by molar-refractivity contribution is 5.97. The average molecular weight is 507 g/mol. The summed E-state index contributed by atoms with van der Waals surface area (Å²) in [7, 11) is 1.92. The van der Waals surface area contributed by atoms with Crippen LogP contribution in [0.2, 0.25) is 0 Å². The topological polar surface area (TPSA) is 69.0 Å². The zero-order valence-electron chi connectivity index (χ0n) is 20.1. The normalized spacial score (nSPS) is 16.0. The van der Waals surface area contributed by atoms with Crippen molar-refractivity contribution >= 4 is 23.0 Å². The first kappa shape index (κ1) is 24.5.